The number of nitrogens with one attached hydrogen (secondary N) is 1. The van der Waals surface area contributed by atoms with Crippen LogP contribution >= 0.6 is 0 Å². The van der Waals surface area contributed by atoms with Gasteiger partial charge in [-0.05, 0) is 25.2 Å². The lowest BCUT2D eigenvalue weighted by Gasteiger charge is -2.31. The largest absolute Gasteiger partial charge is 0.346 e. The first-order valence-electron chi connectivity index (χ1n) is 7.28. The Bertz CT molecular complexity index is 245. The molecule has 3 atom stereocenters. The molecule has 0 spiro atoms. The number of hydrogen-bond acceptors (Lipinski definition) is 0. The van der Waals surface area contributed by atoms with Crippen molar-refractivity contribution in [1.82, 2.24) is 0 Å². The fraction of sp³-hybridized carbons (Fsp3) is 0.867. The van der Waals surface area contributed by atoms with Crippen molar-refractivity contribution in [3.8, 4) is 0 Å². The molecule has 0 aromatic rings. The van der Waals surface area contributed by atoms with E-state index >= 15 is 0 Å². The zero-order valence-corrected chi connectivity index (χ0v) is 12.4. The second-order valence-corrected chi connectivity index (χ2v) is 6.34. The quantitative estimate of drug-likeness (QED) is 0.493. The smallest absolute Gasteiger partial charge is 0.0821 e. The molecule has 1 aliphatic carbocycles. The molecule has 0 aromatic carbocycles. The number of hydrogen-bond donors (Lipinski definition) is 2. The van der Waals surface area contributed by atoms with Crippen LogP contribution in [0, 0.1) is 17.8 Å². The first-order chi connectivity index (χ1) is 8.00. The number of allylic oxidation sites excluding steroid dienone is 2. The zero-order chi connectivity index (χ0) is 12.8. The molecule has 17 heavy (non-hydrogen) atoms. The van der Waals surface area contributed by atoms with E-state index in [-0.39, 0.29) is 0 Å². The van der Waals surface area contributed by atoms with E-state index in [1.54, 1.807) is 10.5 Å². The summed E-state index contributed by atoms with van der Waals surface area (Å²) >= 11 is 0. The van der Waals surface area contributed by atoms with Crippen molar-refractivity contribution in [2.45, 2.75) is 33.6 Å². The minimum atomic E-state index is 0.773. The molecule has 0 heterocycles. The average Bonchev–Trinajstić information content (AvgIpc) is 2.20. The molecule has 2 nitrogen and oxygen atoms in total. The Morgan fingerprint density at radius 1 is 1.35 bits per heavy atom. The van der Waals surface area contributed by atoms with Crippen LogP contribution in [-0.2, 0) is 0 Å². The van der Waals surface area contributed by atoms with Gasteiger partial charge in [0.15, 0.2) is 0 Å². The lowest BCUT2D eigenvalue weighted by molar-refractivity contribution is -0.860. The van der Waals surface area contributed by atoms with Crippen LogP contribution in [0.1, 0.15) is 33.6 Å². The fourth-order valence-electron chi connectivity index (χ4n) is 3.18. The summed E-state index contributed by atoms with van der Waals surface area (Å²) in [6.45, 7) is 11.0. The third-order valence-electron chi connectivity index (χ3n) is 4.12. The van der Waals surface area contributed by atoms with Gasteiger partial charge in [0, 0.05) is 12.3 Å². The predicted molar refractivity (Wildman–Crippen MR) is 74.1 cm³/mol. The molecule has 1 aliphatic rings. The maximum Gasteiger partial charge on any atom is 0.0821 e. The van der Waals surface area contributed by atoms with Gasteiger partial charge < -0.3 is 10.2 Å². The molecule has 0 aliphatic heterocycles. The molecule has 0 saturated heterocycles. The Hall–Kier alpha value is -0.340. The maximum absolute atomic E-state index is 2.54. The van der Waals surface area contributed by atoms with E-state index in [0.717, 1.165) is 17.8 Å². The van der Waals surface area contributed by atoms with E-state index in [1.807, 2.05) is 0 Å². The van der Waals surface area contributed by atoms with Crippen LogP contribution in [-0.4, -0.2) is 33.7 Å². The average molecular weight is 240 g/mol. The van der Waals surface area contributed by atoms with Gasteiger partial charge in [0.05, 0.1) is 33.7 Å². The molecule has 0 unspecified atom stereocenters. The summed E-state index contributed by atoms with van der Waals surface area (Å²) in [5.41, 5.74) is 1.59. The zero-order valence-electron chi connectivity index (χ0n) is 12.4. The van der Waals surface area contributed by atoms with Gasteiger partial charge in [0.2, 0.25) is 0 Å². The van der Waals surface area contributed by atoms with E-state index in [4.69, 9.17) is 0 Å². The molecule has 0 saturated carbocycles. The summed E-state index contributed by atoms with van der Waals surface area (Å²) in [6.07, 6.45) is 5.14. The van der Waals surface area contributed by atoms with Crippen LogP contribution in [0.15, 0.2) is 11.6 Å². The van der Waals surface area contributed by atoms with Gasteiger partial charge in [-0.2, -0.15) is 0 Å². The van der Waals surface area contributed by atoms with E-state index in [2.05, 4.69) is 46.3 Å². The minimum Gasteiger partial charge on any atom is -0.346 e. The lowest BCUT2D eigenvalue weighted by Crippen LogP contribution is -3.06. The van der Waals surface area contributed by atoms with Crippen molar-refractivity contribution in [1.29, 1.82) is 0 Å². The topological polar surface area (TPSA) is 21.1 Å². The van der Waals surface area contributed by atoms with Gasteiger partial charge in [-0.25, -0.2) is 0 Å². The van der Waals surface area contributed by atoms with Crippen LogP contribution < -0.4 is 10.2 Å². The van der Waals surface area contributed by atoms with Crippen LogP contribution in [0.5, 0.6) is 0 Å². The van der Waals surface area contributed by atoms with Gasteiger partial charge in [0.1, 0.15) is 0 Å². The highest BCUT2D eigenvalue weighted by molar-refractivity contribution is 5.07. The fourth-order valence-corrected chi connectivity index (χ4v) is 3.18. The van der Waals surface area contributed by atoms with Crippen LogP contribution in [0.25, 0.3) is 0 Å². The molecule has 0 bridgehead atoms. The Morgan fingerprint density at radius 3 is 2.65 bits per heavy atom. The summed E-state index contributed by atoms with van der Waals surface area (Å²) in [5, 5.41) is 2.54. The monoisotopic (exact) mass is 240 g/mol. The van der Waals surface area contributed by atoms with Gasteiger partial charge in [-0.15, -0.1) is 0 Å². The molecule has 3 N–H and O–H groups in total. The second kappa shape index (κ2) is 7.17. The van der Waals surface area contributed by atoms with Crippen LogP contribution in [0.4, 0.5) is 0 Å². The van der Waals surface area contributed by atoms with Crippen molar-refractivity contribution < 1.29 is 10.2 Å². The molecule has 0 fully saturated rings. The Morgan fingerprint density at radius 2 is 2.06 bits per heavy atom. The number of nitrogens with two attached hydrogens (primary N) is 1. The van der Waals surface area contributed by atoms with E-state index in [0.29, 0.717) is 0 Å². The molecular weight excluding hydrogens is 208 g/mol. The van der Waals surface area contributed by atoms with E-state index in [9.17, 15) is 0 Å². The standard InChI is InChI=1S/C15H30N2/c1-12-9-13(2)15(14(3)10-12)11-16-7-6-8-17(4)5/h9,13-16H,6-8,10-11H2,1-5H3/p+2/t13-,14+,15+/m1/s1. The molecule has 0 amide bonds. The van der Waals surface area contributed by atoms with Gasteiger partial charge >= 0.3 is 0 Å². The molecular formula is C15H32N2+2. The Balaban J connectivity index is 2.22. The Labute approximate surface area is 107 Å². The first kappa shape index (κ1) is 14.7. The predicted octanol–water partition coefficient (Wildman–Crippen LogP) is 0.323. The summed E-state index contributed by atoms with van der Waals surface area (Å²) < 4.78 is 0. The summed E-state index contributed by atoms with van der Waals surface area (Å²) in [6, 6.07) is 0. The highest BCUT2D eigenvalue weighted by atomic mass is 15.1. The molecule has 0 aromatic heterocycles. The number of quaternary nitrogens is 2. The normalized spacial score (nSPS) is 29.5. The minimum absolute atomic E-state index is 0.773. The molecule has 1 rings (SSSR count). The van der Waals surface area contributed by atoms with Crippen molar-refractivity contribution in [3.63, 3.8) is 0 Å². The summed E-state index contributed by atoms with van der Waals surface area (Å²) in [4.78, 5) is 1.57. The van der Waals surface area contributed by atoms with Crippen LogP contribution in [0.2, 0.25) is 0 Å². The molecule has 0 radical (unpaired) electrons. The SMILES string of the molecule is CC1=C[C@@H](C)[C@H](C[NH2+]CCC[NH+](C)C)[C@@H](C)C1. The van der Waals surface area contributed by atoms with Crippen molar-refractivity contribution in [2.75, 3.05) is 33.7 Å². The third kappa shape index (κ3) is 5.22. The van der Waals surface area contributed by atoms with Gasteiger partial charge in [-0.1, -0.05) is 25.5 Å². The van der Waals surface area contributed by atoms with Crippen molar-refractivity contribution in [3.05, 3.63) is 11.6 Å². The lowest BCUT2D eigenvalue weighted by atomic mass is 9.75. The first-order valence-corrected chi connectivity index (χ1v) is 7.28. The molecule has 2 heteroatoms. The van der Waals surface area contributed by atoms with Gasteiger partial charge in [0.25, 0.3) is 0 Å². The highest BCUT2D eigenvalue weighted by Gasteiger charge is 2.27. The van der Waals surface area contributed by atoms with Crippen molar-refractivity contribution in [2.24, 2.45) is 17.8 Å². The Kier molecular flexibility index (Phi) is 6.21. The maximum atomic E-state index is 2.54. The van der Waals surface area contributed by atoms with Crippen LogP contribution in [0.3, 0.4) is 0 Å². The summed E-state index contributed by atoms with van der Waals surface area (Å²) in [5.74, 6) is 2.52. The summed E-state index contributed by atoms with van der Waals surface area (Å²) in [7, 11) is 4.47. The van der Waals surface area contributed by atoms with Crippen molar-refractivity contribution >= 4 is 0 Å². The second-order valence-electron chi connectivity index (χ2n) is 6.34. The van der Waals surface area contributed by atoms with Gasteiger partial charge in [-0.3, -0.25) is 0 Å². The third-order valence-corrected chi connectivity index (χ3v) is 4.12. The highest BCUT2D eigenvalue weighted by Crippen LogP contribution is 2.32. The van der Waals surface area contributed by atoms with E-state index in [1.165, 1.54) is 32.5 Å². The van der Waals surface area contributed by atoms with E-state index < -0.39 is 0 Å². The molecule has 100 valence electrons. The number of rotatable bonds is 6.